The Kier molecular flexibility index (Phi) is 4.26. The topological polar surface area (TPSA) is 38.5 Å². The van der Waals surface area contributed by atoms with Crippen molar-refractivity contribution in [3.05, 3.63) is 53.3 Å². The van der Waals surface area contributed by atoms with Crippen molar-refractivity contribution < 1.29 is 17.9 Å². The Morgan fingerprint density at radius 1 is 1.10 bits per heavy atom. The molecule has 0 fully saturated rings. The molecule has 0 heterocycles. The number of nitrogens with two attached hydrogens (primary N) is 1. The van der Waals surface area contributed by atoms with Crippen molar-refractivity contribution in [2.24, 2.45) is 0 Å². The predicted molar refractivity (Wildman–Crippen MR) is 75.8 cm³/mol. The Morgan fingerprint density at radius 2 is 1.71 bits per heavy atom. The lowest BCUT2D eigenvalue weighted by atomic mass is 10.1. The third-order valence-corrected chi connectivity index (χ3v) is 3.13. The summed E-state index contributed by atoms with van der Waals surface area (Å²) in [6, 6.07) is 6.18. The van der Waals surface area contributed by atoms with Crippen molar-refractivity contribution in [1.29, 1.82) is 0 Å². The molecule has 0 bridgehead atoms. The number of hydrogen-bond donors (Lipinski definition) is 1. The zero-order valence-corrected chi connectivity index (χ0v) is 11.7. The van der Waals surface area contributed by atoms with Crippen molar-refractivity contribution in [2.75, 3.05) is 24.8 Å². The summed E-state index contributed by atoms with van der Waals surface area (Å²) in [5, 5.41) is 0. The van der Waals surface area contributed by atoms with Gasteiger partial charge in [-0.15, -0.1) is 0 Å². The normalized spacial score (nSPS) is 10.5. The molecule has 6 heteroatoms. The zero-order chi connectivity index (χ0) is 15.6. The predicted octanol–water partition coefficient (Wildman–Crippen LogP) is 3.33. The van der Waals surface area contributed by atoms with Crippen LogP contribution in [0, 0.1) is 17.5 Å². The lowest BCUT2D eigenvalue weighted by Gasteiger charge is -2.22. The van der Waals surface area contributed by atoms with Crippen molar-refractivity contribution in [1.82, 2.24) is 0 Å². The highest BCUT2D eigenvalue weighted by Gasteiger charge is 2.16. The highest BCUT2D eigenvalue weighted by Crippen LogP contribution is 2.29. The number of methoxy groups -OCH3 is 1. The zero-order valence-electron chi connectivity index (χ0n) is 11.7. The van der Waals surface area contributed by atoms with Crippen LogP contribution in [0.25, 0.3) is 0 Å². The van der Waals surface area contributed by atoms with Crippen molar-refractivity contribution in [2.45, 2.75) is 6.54 Å². The van der Waals surface area contributed by atoms with Crippen LogP contribution >= 0.6 is 0 Å². The highest BCUT2D eigenvalue weighted by atomic mass is 19.1. The van der Waals surface area contributed by atoms with Gasteiger partial charge in [0.15, 0.2) is 0 Å². The van der Waals surface area contributed by atoms with E-state index in [-0.39, 0.29) is 23.7 Å². The smallest absolute Gasteiger partial charge is 0.149 e. The number of nitrogens with zero attached hydrogens (tertiary/aromatic N) is 1. The number of rotatable bonds is 4. The molecule has 0 spiro atoms. The maximum absolute atomic E-state index is 13.7. The van der Waals surface area contributed by atoms with Crippen LogP contribution in [0.3, 0.4) is 0 Å². The molecule has 0 aromatic heterocycles. The molecule has 2 rings (SSSR count). The van der Waals surface area contributed by atoms with E-state index in [1.807, 2.05) is 0 Å². The lowest BCUT2D eigenvalue weighted by molar-refractivity contribution is 0.406. The van der Waals surface area contributed by atoms with E-state index in [0.29, 0.717) is 5.56 Å². The van der Waals surface area contributed by atoms with E-state index >= 15 is 0 Å². The SMILES string of the molecule is COc1cc(F)c(N)cc1CN(C)c1c(F)cccc1F. The quantitative estimate of drug-likeness (QED) is 0.880. The van der Waals surface area contributed by atoms with Gasteiger partial charge < -0.3 is 15.4 Å². The average molecular weight is 296 g/mol. The molecule has 21 heavy (non-hydrogen) atoms. The molecule has 3 nitrogen and oxygen atoms in total. The number of anilines is 2. The van der Waals surface area contributed by atoms with E-state index in [1.54, 1.807) is 0 Å². The van der Waals surface area contributed by atoms with Gasteiger partial charge in [-0.3, -0.25) is 0 Å². The summed E-state index contributed by atoms with van der Waals surface area (Å²) in [7, 11) is 2.92. The first-order valence-corrected chi connectivity index (χ1v) is 6.21. The fourth-order valence-corrected chi connectivity index (χ4v) is 2.12. The summed E-state index contributed by atoms with van der Waals surface area (Å²) < 4.78 is 45.9. The first kappa shape index (κ1) is 15.0. The van der Waals surface area contributed by atoms with Crippen LogP contribution in [0.1, 0.15) is 5.56 Å². The number of benzene rings is 2. The van der Waals surface area contributed by atoms with Crippen LogP contribution in [0.15, 0.2) is 30.3 Å². The first-order chi connectivity index (χ1) is 9.93. The molecular weight excluding hydrogens is 281 g/mol. The third kappa shape index (κ3) is 3.04. The molecule has 0 aliphatic rings. The number of nitrogen functional groups attached to an aromatic ring is 1. The number of halogens is 3. The number of hydrogen-bond acceptors (Lipinski definition) is 3. The van der Waals surface area contributed by atoms with E-state index in [1.165, 1.54) is 43.3 Å². The van der Waals surface area contributed by atoms with Gasteiger partial charge in [-0.1, -0.05) is 6.07 Å². The third-order valence-electron chi connectivity index (χ3n) is 3.13. The van der Waals surface area contributed by atoms with E-state index < -0.39 is 17.5 Å². The molecule has 0 saturated carbocycles. The van der Waals surface area contributed by atoms with E-state index in [2.05, 4.69) is 0 Å². The van der Waals surface area contributed by atoms with Gasteiger partial charge in [-0.2, -0.15) is 0 Å². The minimum absolute atomic E-state index is 0.0480. The molecule has 2 N–H and O–H groups in total. The molecule has 0 saturated heterocycles. The van der Waals surface area contributed by atoms with Crippen molar-refractivity contribution >= 4 is 11.4 Å². The Morgan fingerprint density at radius 3 is 2.29 bits per heavy atom. The lowest BCUT2D eigenvalue weighted by Crippen LogP contribution is -2.20. The minimum atomic E-state index is -0.674. The maximum atomic E-state index is 13.7. The second-order valence-corrected chi connectivity index (χ2v) is 4.61. The fraction of sp³-hybridized carbons (Fsp3) is 0.200. The van der Waals surface area contributed by atoms with Crippen LogP contribution in [-0.2, 0) is 6.54 Å². The Balaban J connectivity index is 2.36. The van der Waals surface area contributed by atoms with Gasteiger partial charge in [0.2, 0.25) is 0 Å². The van der Waals surface area contributed by atoms with Crippen LogP contribution in [-0.4, -0.2) is 14.2 Å². The summed E-state index contributed by atoms with van der Waals surface area (Å²) in [5.74, 6) is -1.68. The maximum Gasteiger partial charge on any atom is 0.149 e. The van der Waals surface area contributed by atoms with Crippen LogP contribution in [0.5, 0.6) is 5.75 Å². The molecule has 0 radical (unpaired) electrons. The summed E-state index contributed by atoms with van der Waals surface area (Å²) in [6.07, 6.45) is 0. The molecular formula is C15H15F3N2O. The largest absolute Gasteiger partial charge is 0.496 e. The van der Waals surface area contributed by atoms with Crippen LogP contribution < -0.4 is 15.4 Å². The molecule has 0 amide bonds. The Hall–Kier alpha value is -2.37. The number of para-hydroxylation sites is 1. The van der Waals surface area contributed by atoms with Crippen LogP contribution in [0.2, 0.25) is 0 Å². The average Bonchev–Trinajstić information content (AvgIpc) is 2.42. The van der Waals surface area contributed by atoms with Gasteiger partial charge in [0.1, 0.15) is 28.9 Å². The molecule has 0 unspecified atom stereocenters. The van der Waals surface area contributed by atoms with Gasteiger partial charge in [0.05, 0.1) is 12.8 Å². The van der Waals surface area contributed by atoms with E-state index in [9.17, 15) is 13.2 Å². The van der Waals surface area contributed by atoms with E-state index in [4.69, 9.17) is 10.5 Å². The van der Waals surface area contributed by atoms with Gasteiger partial charge >= 0.3 is 0 Å². The number of ether oxygens (including phenoxy) is 1. The van der Waals surface area contributed by atoms with Gasteiger partial charge in [-0.05, 0) is 18.2 Å². The summed E-state index contributed by atoms with van der Waals surface area (Å²) >= 11 is 0. The van der Waals surface area contributed by atoms with Crippen LogP contribution in [0.4, 0.5) is 24.5 Å². The second-order valence-electron chi connectivity index (χ2n) is 4.61. The minimum Gasteiger partial charge on any atom is -0.496 e. The molecule has 0 aliphatic heterocycles. The standard InChI is InChI=1S/C15H15F3N2O/c1-20(15-10(16)4-3-5-11(15)17)8-9-6-13(19)12(18)7-14(9)21-2/h3-7H,8,19H2,1-2H3. The van der Waals surface area contributed by atoms with Crippen molar-refractivity contribution in [3.8, 4) is 5.75 Å². The molecule has 2 aromatic carbocycles. The summed E-state index contributed by atoms with van der Waals surface area (Å²) in [6.45, 7) is 0.117. The van der Waals surface area contributed by atoms with Gasteiger partial charge in [-0.25, -0.2) is 13.2 Å². The summed E-state index contributed by atoms with van der Waals surface area (Å²) in [4.78, 5) is 1.37. The Bertz CT molecular complexity index is 641. The molecule has 112 valence electrons. The van der Waals surface area contributed by atoms with Gasteiger partial charge in [0, 0.05) is 25.2 Å². The fourth-order valence-electron chi connectivity index (χ4n) is 2.12. The molecule has 0 aliphatic carbocycles. The molecule has 0 atom stereocenters. The first-order valence-electron chi connectivity index (χ1n) is 6.21. The van der Waals surface area contributed by atoms with Crippen molar-refractivity contribution in [3.63, 3.8) is 0 Å². The monoisotopic (exact) mass is 296 g/mol. The Labute approximate surface area is 120 Å². The van der Waals surface area contributed by atoms with Gasteiger partial charge in [0.25, 0.3) is 0 Å². The summed E-state index contributed by atoms with van der Waals surface area (Å²) in [5.41, 5.74) is 5.84. The second kappa shape index (κ2) is 5.95. The molecule has 2 aromatic rings. The highest BCUT2D eigenvalue weighted by molar-refractivity contribution is 5.53. The van der Waals surface area contributed by atoms with E-state index in [0.717, 1.165) is 6.07 Å².